The highest BCUT2D eigenvalue weighted by atomic mass is 16.4. The van der Waals surface area contributed by atoms with Gasteiger partial charge in [0, 0.05) is 20.1 Å². The predicted octanol–water partition coefficient (Wildman–Crippen LogP) is 1.92. The molecule has 2 atom stereocenters. The summed E-state index contributed by atoms with van der Waals surface area (Å²) in [7, 11) is 1.59. The van der Waals surface area contributed by atoms with Gasteiger partial charge in [0.1, 0.15) is 0 Å². The predicted molar refractivity (Wildman–Crippen MR) is 76.0 cm³/mol. The molecule has 0 bridgehead atoms. The van der Waals surface area contributed by atoms with E-state index in [0.717, 1.165) is 0 Å². The molecule has 0 aliphatic carbocycles. The summed E-state index contributed by atoms with van der Waals surface area (Å²) in [6, 6.07) is 1.69. The van der Waals surface area contributed by atoms with Crippen molar-refractivity contribution in [3.05, 3.63) is 0 Å². The normalized spacial score (nSPS) is 14.0. The van der Waals surface area contributed by atoms with Crippen LogP contribution in [0.5, 0.6) is 0 Å². The van der Waals surface area contributed by atoms with Gasteiger partial charge in [-0.25, -0.2) is 4.79 Å². The number of nitriles is 1. The fourth-order valence-corrected chi connectivity index (χ4v) is 1.87. The van der Waals surface area contributed by atoms with E-state index in [4.69, 9.17) is 10.4 Å². The van der Waals surface area contributed by atoms with E-state index in [-0.39, 0.29) is 23.9 Å². The van der Waals surface area contributed by atoms with E-state index in [1.807, 2.05) is 26.8 Å². The number of carbonyl (C=O) groups is 2. The van der Waals surface area contributed by atoms with Crippen molar-refractivity contribution in [3.63, 3.8) is 0 Å². The fourth-order valence-electron chi connectivity index (χ4n) is 1.87. The van der Waals surface area contributed by atoms with Crippen LogP contribution in [0.1, 0.15) is 34.1 Å². The molecule has 6 heteroatoms. The number of aliphatic carboxylic acids is 1. The quantitative estimate of drug-likeness (QED) is 0.778. The van der Waals surface area contributed by atoms with Gasteiger partial charge in [0.15, 0.2) is 0 Å². The maximum absolute atomic E-state index is 11.8. The highest BCUT2D eigenvalue weighted by Gasteiger charge is 2.25. The molecule has 0 spiro atoms. The van der Waals surface area contributed by atoms with Crippen LogP contribution in [0, 0.1) is 28.6 Å². The first-order chi connectivity index (χ1) is 9.06. The van der Waals surface area contributed by atoms with Crippen molar-refractivity contribution in [3.8, 4) is 6.07 Å². The number of urea groups is 1. The molecule has 0 aliphatic rings. The monoisotopic (exact) mass is 283 g/mol. The number of carboxylic acids is 1. The number of rotatable bonds is 6. The second kappa shape index (κ2) is 7.73. The van der Waals surface area contributed by atoms with Gasteiger partial charge in [-0.1, -0.05) is 20.8 Å². The van der Waals surface area contributed by atoms with E-state index in [0.29, 0.717) is 13.0 Å². The van der Waals surface area contributed by atoms with Crippen molar-refractivity contribution in [1.29, 1.82) is 5.26 Å². The highest BCUT2D eigenvalue weighted by Crippen LogP contribution is 2.24. The van der Waals surface area contributed by atoms with E-state index in [1.54, 1.807) is 14.0 Å². The third-order valence-electron chi connectivity index (χ3n) is 2.82. The molecule has 0 heterocycles. The van der Waals surface area contributed by atoms with E-state index in [2.05, 4.69) is 5.32 Å². The van der Waals surface area contributed by atoms with Gasteiger partial charge >= 0.3 is 12.0 Å². The van der Waals surface area contributed by atoms with Crippen molar-refractivity contribution in [2.75, 3.05) is 20.1 Å². The molecule has 20 heavy (non-hydrogen) atoms. The zero-order chi connectivity index (χ0) is 15.9. The Morgan fingerprint density at radius 2 is 1.95 bits per heavy atom. The molecule has 0 saturated heterocycles. The van der Waals surface area contributed by atoms with Crippen LogP contribution < -0.4 is 5.32 Å². The average molecular weight is 283 g/mol. The molecule has 0 aromatic carbocycles. The summed E-state index contributed by atoms with van der Waals surface area (Å²) in [5.41, 5.74) is -0.116. The van der Waals surface area contributed by atoms with E-state index < -0.39 is 11.9 Å². The largest absolute Gasteiger partial charge is 0.481 e. The highest BCUT2D eigenvalue weighted by molar-refractivity contribution is 5.75. The van der Waals surface area contributed by atoms with Crippen LogP contribution in [0.25, 0.3) is 0 Å². The lowest BCUT2D eigenvalue weighted by Crippen LogP contribution is -2.43. The van der Waals surface area contributed by atoms with Gasteiger partial charge in [0.2, 0.25) is 0 Å². The van der Waals surface area contributed by atoms with Crippen LogP contribution in [-0.2, 0) is 4.79 Å². The van der Waals surface area contributed by atoms with Gasteiger partial charge in [-0.3, -0.25) is 4.79 Å². The fraction of sp³-hybridized carbons (Fsp3) is 0.786. The van der Waals surface area contributed by atoms with Gasteiger partial charge in [-0.15, -0.1) is 0 Å². The average Bonchev–Trinajstić information content (AvgIpc) is 2.31. The Balaban J connectivity index is 4.38. The molecule has 0 rings (SSSR count). The molecule has 2 unspecified atom stereocenters. The summed E-state index contributed by atoms with van der Waals surface area (Å²) in [5, 5.41) is 20.5. The molecule has 0 saturated carbocycles. The van der Waals surface area contributed by atoms with E-state index in [1.165, 1.54) is 4.90 Å². The first kappa shape index (κ1) is 18.2. The Kier molecular flexibility index (Phi) is 7.05. The summed E-state index contributed by atoms with van der Waals surface area (Å²) < 4.78 is 0. The molecular weight excluding hydrogens is 258 g/mol. The molecule has 0 radical (unpaired) electrons. The zero-order valence-corrected chi connectivity index (χ0v) is 12.9. The lowest BCUT2D eigenvalue weighted by Gasteiger charge is -2.25. The van der Waals surface area contributed by atoms with Crippen molar-refractivity contribution in [2.45, 2.75) is 34.1 Å². The van der Waals surface area contributed by atoms with Crippen LogP contribution in [0.2, 0.25) is 0 Å². The molecule has 114 valence electrons. The summed E-state index contributed by atoms with van der Waals surface area (Å²) >= 11 is 0. The van der Waals surface area contributed by atoms with Crippen LogP contribution >= 0.6 is 0 Å². The minimum Gasteiger partial charge on any atom is -0.481 e. The van der Waals surface area contributed by atoms with Crippen molar-refractivity contribution >= 4 is 12.0 Å². The maximum Gasteiger partial charge on any atom is 0.317 e. The van der Waals surface area contributed by atoms with Crippen molar-refractivity contribution in [1.82, 2.24) is 10.2 Å². The van der Waals surface area contributed by atoms with E-state index >= 15 is 0 Å². The van der Waals surface area contributed by atoms with Crippen LogP contribution in [0.15, 0.2) is 0 Å². The minimum absolute atomic E-state index is 0.0940. The number of amides is 2. The lowest BCUT2D eigenvalue weighted by molar-refractivity contribution is -0.142. The number of carboxylic acid groups (broad SMARTS) is 1. The van der Waals surface area contributed by atoms with Crippen molar-refractivity contribution < 1.29 is 14.7 Å². The topological polar surface area (TPSA) is 93.4 Å². The Morgan fingerprint density at radius 1 is 1.40 bits per heavy atom. The van der Waals surface area contributed by atoms with Crippen LogP contribution in [0.4, 0.5) is 4.79 Å². The number of hydrogen-bond acceptors (Lipinski definition) is 3. The van der Waals surface area contributed by atoms with Gasteiger partial charge in [0.25, 0.3) is 0 Å². The number of nitrogens with one attached hydrogen (secondary N) is 1. The molecule has 6 nitrogen and oxygen atoms in total. The Hall–Kier alpha value is -1.77. The van der Waals surface area contributed by atoms with Gasteiger partial charge in [-0.2, -0.15) is 5.26 Å². The standard InChI is InChI=1S/C14H25N3O3/c1-10(7-15)9-17(5)13(20)16-8-11(12(18)19)6-14(2,3)4/h10-11H,6,8-9H2,1-5H3,(H,16,20)(H,18,19). The van der Waals surface area contributed by atoms with Crippen LogP contribution in [0.3, 0.4) is 0 Å². The molecular formula is C14H25N3O3. The summed E-state index contributed by atoms with van der Waals surface area (Å²) in [6.07, 6.45) is 0.487. The summed E-state index contributed by atoms with van der Waals surface area (Å²) in [5.74, 6) is -1.77. The SMILES string of the molecule is CC(C#N)CN(C)C(=O)NCC(CC(C)(C)C)C(=O)O. The molecule has 0 aromatic heterocycles. The van der Waals surface area contributed by atoms with Gasteiger partial charge in [-0.05, 0) is 18.8 Å². The van der Waals surface area contributed by atoms with E-state index in [9.17, 15) is 9.59 Å². The minimum atomic E-state index is -0.909. The second-order valence-electron chi connectivity index (χ2n) is 6.40. The summed E-state index contributed by atoms with van der Waals surface area (Å²) in [4.78, 5) is 24.4. The van der Waals surface area contributed by atoms with Gasteiger partial charge < -0.3 is 15.3 Å². The molecule has 2 amide bonds. The number of carbonyl (C=O) groups excluding carboxylic acids is 1. The Labute approximate surface area is 120 Å². The van der Waals surface area contributed by atoms with Crippen LogP contribution in [-0.4, -0.2) is 42.1 Å². The number of hydrogen-bond donors (Lipinski definition) is 2. The smallest absolute Gasteiger partial charge is 0.317 e. The third-order valence-corrected chi connectivity index (χ3v) is 2.82. The number of nitrogens with zero attached hydrogens (tertiary/aromatic N) is 2. The molecule has 0 fully saturated rings. The molecule has 0 aliphatic heterocycles. The van der Waals surface area contributed by atoms with Crippen molar-refractivity contribution in [2.24, 2.45) is 17.3 Å². The first-order valence-corrected chi connectivity index (χ1v) is 6.68. The Bertz CT molecular complexity index is 382. The molecule has 2 N–H and O–H groups in total. The summed E-state index contributed by atoms with van der Waals surface area (Å²) in [6.45, 7) is 8.03. The lowest BCUT2D eigenvalue weighted by atomic mass is 9.84. The zero-order valence-electron chi connectivity index (χ0n) is 12.9. The van der Waals surface area contributed by atoms with Gasteiger partial charge in [0.05, 0.1) is 17.9 Å². The maximum atomic E-state index is 11.8. The third kappa shape index (κ3) is 7.62. The first-order valence-electron chi connectivity index (χ1n) is 6.68. The molecule has 0 aromatic rings. The Morgan fingerprint density at radius 3 is 2.35 bits per heavy atom. The second-order valence-corrected chi connectivity index (χ2v) is 6.40.